The molecule has 4 heteroatoms. The van der Waals surface area contributed by atoms with E-state index in [0.29, 0.717) is 0 Å². The van der Waals surface area contributed by atoms with Crippen LogP contribution in [-0.4, -0.2) is 61.7 Å². The molecular weight excluding hydrogens is 234 g/mol. The Morgan fingerprint density at radius 2 is 1.53 bits per heavy atom. The maximum absolute atomic E-state index is 3.46. The third kappa shape index (κ3) is 3.82. The lowest BCUT2D eigenvalue weighted by molar-refractivity contribution is 0.106. The van der Waals surface area contributed by atoms with E-state index in [-0.39, 0.29) is 12.4 Å². The molecule has 3 nitrogen and oxygen atoms in total. The van der Waals surface area contributed by atoms with Crippen LogP contribution in [0, 0.1) is 5.92 Å². The molecule has 0 unspecified atom stereocenters. The van der Waals surface area contributed by atoms with Crippen LogP contribution in [-0.2, 0) is 0 Å². The SMILES string of the molecule is C1CC(CN2CCN(C3CC3)CC2)CCN1.Cl. The van der Waals surface area contributed by atoms with Gasteiger partial charge in [0.1, 0.15) is 0 Å². The number of nitrogens with zero attached hydrogens (tertiary/aromatic N) is 2. The molecule has 100 valence electrons. The molecule has 1 saturated carbocycles. The van der Waals surface area contributed by atoms with Gasteiger partial charge in [-0.1, -0.05) is 0 Å². The van der Waals surface area contributed by atoms with Crippen LogP contribution in [0.3, 0.4) is 0 Å². The predicted molar refractivity (Wildman–Crippen MR) is 73.9 cm³/mol. The molecule has 0 spiro atoms. The maximum atomic E-state index is 3.46. The van der Waals surface area contributed by atoms with E-state index in [4.69, 9.17) is 0 Å². The Balaban J connectivity index is 0.00000108. The molecule has 17 heavy (non-hydrogen) atoms. The Labute approximate surface area is 111 Å². The molecule has 3 rings (SSSR count). The van der Waals surface area contributed by atoms with Gasteiger partial charge >= 0.3 is 0 Å². The van der Waals surface area contributed by atoms with Gasteiger partial charge < -0.3 is 10.2 Å². The van der Waals surface area contributed by atoms with E-state index in [9.17, 15) is 0 Å². The molecule has 0 amide bonds. The number of piperidine rings is 1. The third-order valence-corrected chi connectivity index (χ3v) is 4.45. The van der Waals surface area contributed by atoms with Gasteiger partial charge in [0.05, 0.1) is 0 Å². The van der Waals surface area contributed by atoms with E-state index in [0.717, 1.165) is 12.0 Å². The first-order valence-corrected chi connectivity index (χ1v) is 7.09. The highest BCUT2D eigenvalue weighted by atomic mass is 35.5. The minimum absolute atomic E-state index is 0. The second kappa shape index (κ2) is 6.37. The number of nitrogens with one attached hydrogen (secondary N) is 1. The molecule has 0 atom stereocenters. The zero-order valence-electron chi connectivity index (χ0n) is 10.7. The molecule has 3 aliphatic rings. The van der Waals surface area contributed by atoms with Crippen molar-refractivity contribution < 1.29 is 0 Å². The van der Waals surface area contributed by atoms with Crippen LogP contribution in [0.25, 0.3) is 0 Å². The predicted octanol–water partition coefficient (Wildman–Crippen LogP) is 1.19. The van der Waals surface area contributed by atoms with Crippen LogP contribution in [0.15, 0.2) is 0 Å². The summed E-state index contributed by atoms with van der Waals surface area (Å²) in [6, 6.07) is 0.973. The highest BCUT2D eigenvalue weighted by molar-refractivity contribution is 5.85. The quantitative estimate of drug-likeness (QED) is 0.822. The van der Waals surface area contributed by atoms with Crippen molar-refractivity contribution in [3.8, 4) is 0 Å². The maximum Gasteiger partial charge on any atom is 0.0113 e. The largest absolute Gasteiger partial charge is 0.317 e. The van der Waals surface area contributed by atoms with Crippen LogP contribution < -0.4 is 5.32 Å². The topological polar surface area (TPSA) is 18.5 Å². The summed E-state index contributed by atoms with van der Waals surface area (Å²) in [4.78, 5) is 5.41. The van der Waals surface area contributed by atoms with Crippen molar-refractivity contribution in [3.63, 3.8) is 0 Å². The smallest absolute Gasteiger partial charge is 0.0113 e. The Morgan fingerprint density at radius 3 is 2.12 bits per heavy atom. The van der Waals surface area contributed by atoms with Crippen LogP contribution in [0.4, 0.5) is 0 Å². The van der Waals surface area contributed by atoms with Gasteiger partial charge in [-0.25, -0.2) is 0 Å². The summed E-state index contributed by atoms with van der Waals surface area (Å²) >= 11 is 0. The van der Waals surface area contributed by atoms with E-state index in [1.165, 1.54) is 71.5 Å². The zero-order chi connectivity index (χ0) is 10.8. The fourth-order valence-corrected chi connectivity index (χ4v) is 3.18. The summed E-state index contributed by atoms with van der Waals surface area (Å²) in [5.74, 6) is 0.966. The standard InChI is InChI=1S/C13H25N3.ClH/c1-2-13(1)16-9-7-15(8-10-16)11-12-3-5-14-6-4-12;/h12-14H,1-11H2;1H. The van der Waals surface area contributed by atoms with Crippen molar-refractivity contribution >= 4 is 12.4 Å². The monoisotopic (exact) mass is 259 g/mol. The Hall–Kier alpha value is 0.170. The first-order chi connectivity index (χ1) is 7.92. The number of halogens is 1. The average molecular weight is 260 g/mol. The number of hydrogen-bond acceptors (Lipinski definition) is 3. The first kappa shape index (κ1) is 13.6. The summed E-state index contributed by atoms with van der Waals surface area (Å²) in [7, 11) is 0. The summed E-state index contributed by atoms with van der Waals surface area (Å²) in [5.41, 5.74) is 0. The van der Waals surface area contributed by atoms with Gasteiger partial charge in [0.15, 0.2) is 0 Å². The van der Waals surface area contributed by atoms with Crippen molar-refractivity contribution in [2.45, 2.75) is 31.7 Å². The Morgan fingerprint density at radius 1 is 0.882 bits per heavy atom. The van der Waals surface area contributed by atoms with Crippen LogP contribution in [0.2, 0.25) is 0 Å². The first-order valence-electron chi connectivity index (χ1n) is 7.09. The Kier molecular flexibility index (Phi) is 5.10. The van der Waals surface area contributed by atoms with Crippen molar-refractivity contribution in [3.05, 3.63) is 0 Å². The van der Waals surface area contributed by atoms with Gasteiger partial charge in [0.2, 0.25) is 0 Å². The molecule has 3 fully saturated rings. The van der Waals surface area contributed by atoms with Gasteiger partial charge in [-0.3, -0.25) is 4.90 Å². The normalized spacial score (nSPS) is 28.9. The van der Waals surface area contributed by atoms with E-state index < -0.39 is 0 Å². The highest BCUT2D eigenvalue weighted by Gasteiger charge is 2.31. The van der Waals surface area contributed by atoms with Gasteiger partial charge in [-0.15, -0.1) is 12.4 Å². The van der Waals surface area contributed by atoms with Crippen LogP contribution >= 0.6 is 12.4 Å². The van der Waals surface area contributed by atoms with Crippen molar-refractivity contribution in [2.75, 3.05) is 45.8 Å². The molecule has 0 aromatic rings. The summed E-state index contributed by atoms with van der Waals surface area (Å²) in [5, 5.41) is 3.46. The molecule has 2 aliphatic heterocycles. The highest BCUT2D eigenvalue weighted by Crippen LogP contribution is 2.27. The fourth-order valence-electron chi connectivity index (χ4n) is 3.18. The number of rotatable bonds is 3. The van der Waals surface area contributed by atoms with Gasteiger partial charge in [0.25, 0.3) is 0 Å². The second-order valence-electron chi connectivity index (χ2n) is 5.76. The molecule has 2 saturated heterocycles. The minimum Gasteiger partial charge on any atom is -0.317 e. The fraction of sp³-hybridized carbons (Fsp3) is 1.00. The van der Waals surface area contributed by atoms with E-state index >= 15 is 0 Å². The number of piperazine rings is 1. The third-order valence-electron chi connectivity index (χ3n) is 4.45. The summed E-state index contributed by atoms with van der Waals surface area (Å²) in [6.45, 7) is 9.14. The lowest BCUT2D eigenvalue weighted by atomic mass is 9.97. The van der Waals surface area contributed by atoms with Crippen molar-refractivity contribution in [2.24, 2.45) is 5.92 Å². The van der Waals surface area contributed by atoms with Gasteiger partial charge in [-0.05, 0) is 44.7 Å². The van der Waals surface area contributed by atoms with E-state index in [1.54, 1.807) is 0 Å². The molecule has 0 radical (unpaired) electrons. The van der Waals surface area contributed by atoms with E-state index in [1.807, 2.05) is 0 Å². The van der Waals surface area contributed by atoms with Crippen molar-refractivity contribution in [1.82, 2.24) is 15.1 Å². The Bertz CT molecular complexity index is 219. The molecule has 2 heterocycles. The molecular formula is C13H26ClN3. The van der Waals surface area contributed by atoms with E-state index in [2.05, 4.69) is 15.1 Å². The second-order valence-corrected chi connectivity index (χ2v) is 5.76. The minimum atomic E-state index is 0. The van der Waals surface area contributed by atoms with Crippen LogP contribution in [0.5, 0.6) is 0 Å². The summed E-state index contributed by atoms with van der Waals surface area (Å²) < 4.78 is 0. The lowest BCUT2D eigenvalue weighted by Crippen LogP contribution is -2.49. The average Bonchev–Trinajstić information content (AvgIpc) is 3.15. The van der Waals surface area contributed by atoms with Gasteiger partial charge in [-0.2, -0.15) is 0 Å². The molecule has 0 aromatic carbocycles. The lowest BCUT2D eigenvalue weighted by Gasteiger charge is -2.37. The molecule has 0 aromatic heterocycles. The molecule has 1 aliphatic carbocycles. The number of hydrogen-bond donors (Lipinski definition) is 1. The van der Waals surface area contributed by atoms with Crippen molar-refractivity contribution in [1.29, 1.82) is 0 Å². The molecule has 1 N–H and O–H groups in total. The van der Waals surface area contributed by atoms with Crippen LogP contribution in [0.1, 0.15) is 25.7 Å². The molecule has 0 bridgehead atoms. The zero-order valence-corrected chi connectivity index (χ0v) is 11.6. The van der Waals surface area contributed by atoms with Gasteiger partial charge in [0, 0.05) is 38.8 Å². The summed E-state index contributed by atoms with van der Waals surface area (Å²) in [6.07, 6.45) is 5.72.